The normalized spacial score (nSPS) is 11.5. The van der Waals surface area contributed by atoms with E-state index in [0.717, 1.165) is 17.7 Å². The maximum atomic E-state index is 13.1. The zero-order chi connectivity index (χ0) is 16.1. The number of halogens is 1. The molecule has 114 valence electrons. The molecule has 2 aromatic rings. The van der Waals surface area contributed by atoms with Gasteiger partial charge in [0.15, 0.2) is 5.11 Å². The van der Waals surface area contributed by atoms with Crippen LogP contribution < -0.4 is 10.6 Å². The van der Waals surface area contributed by atoms with Crippen molar-refractivity contribution in [3.05, 3.63) is 70.0 Å². The molecule has 5 nitrogen and oxygen atoms in total. The molecular weight excluding hydrogens is 305 g/mol. The first-order chi connectivity index (χ1) is 10.5. The van der Waals surface area contributed by atoms with Gasteiger partial charge in [0.25, 0.3) is 5.69 Å². The van der Waals surface area contributed by atoms with E-state index >= 15 is 0 Å². The Kier molecular flexibility index (Phi) is 5.00. The third kappa shape index (κ3) is 3.98. The molecular formula is C15H14FN3O2S. The second kappa shape index (κ2) is 6.95. The van der Waals surface area contributed by atoms with Crippen molar-refractivity contribution in [3.8, 4) is 0 Å². The smallest absolute Gasteiger partial charge is 0.295 e. The second-order valence-electron chi connectivity index (χ2n) is 4.65. The fourth-order valence-corrected chi connectivity index (χ4v) is 2.23. The highest BCUT2D eigenvalue weighted by Gasteiger charge is 2.16. The zero-order valence-corrected chi connectivity index (χ0v) is 12.6. The highest BCUT2D eigenvalue weighted by atomic mass is 32.1. The molecule has 22 heavy (non-hydrogen) atoms. The lowest BCUT2D eigenvalue weighted by Crippen LogP contribution is -2.31. The second-order valence-corrected chi connectivity index (χ2v) is 5.06. The van der Waals surface area contributed by atoms with Gasteiger partial charge in [-0.2, -0.15) is 0 Å². The Morgan fingerprint density at radius 2 is 1.95 bits per heavy atom. The van der Waals surface area contributed by atoms with Crippen LogP contribution in [0.4, 0.5) is 15.8 Å². The summed E-state index contributed by atoms with van der Waals surface area (Å²) in [5, 5.41) is 16.9. The number of hydrogen-bond donors (Lipinski definition) is 2. The Labute approximate surface area is 132 Å². The van der Waals surface area contributed by atoms with Gasteiger partial charge in [0.1, 0.15) is 11.5 Å². The minimum atomic E-state index is -0.672. The van der Waals surface area contributed by atoms with Crippen molar-refractivity contribution in [1.29, 1.82) is 0 Å². The molecule has 0 aliphatic heterocycles. The molecule has 0 aromatic heterocycles. The number of nitro groups is 1. The van der Waals surface area contributed by atoms with Crippen LogP contribution in [0.5, 0.6) is 0 Å². The van der Waals surface area contributed by atoms with E-state index in [4.69, 9.17) is 12.2 Å². The number of rotatable bonds is 4. The molecule has 1 atom stereocenters. The molecule has 1 unspecified atom stereocenters. The number of benzene rings is 2. The van der Waals surface area contributed by atoms with Crippen molar-refractivity contribution in [3.63, 3.8) is 0 Å². The summed E-state index contributed by atoms with van der Waals surface area (Å²) in [6.07, 6.45) is 0. The molecule has 0 radical (unpaired) electrons. The van der Waals surface area contributed by atoms with Gasteiger partial charge >= 0.3 is 0 Å². The van der Waals surface area contributed by atoms with E-state index in [2.05, 4.69) is 10.6 Å². The van der Waals surface area contributed by atoms with Crippen molar-refractivity contribution in [1.82, 2.24) is 5.32 Å². The van der Waals surface area contributed by atoms with E-state index in [1.165, 1.54) is 6.07 Å². The number of nitro benzene ring substituents is 1. The van der Waals surface area contributed by atoms with E-state index in [9.17, 15) is 14.5 Å². The Morgan fingerprint density at radius 1 is 1.27 bits per heavy atom. The molecule has 0 aliphatic rings. The van der Waals surface area contributed by atoms with E-state index < -0.39 is 10.7 Å². The van der Waals surface area contributed by atoms with Crippen LogP contribution in [0.3, 0.4) is 0 Å². The molecule has 2 aromatic carbocycles. The van der Waals surface area contributed by atoms with E-state index in [1.807, 2.05) is 37.3 Å². The van der Waals surface area contributed by atoms with Gasteiger partial charge in [-0.1, -0.05) is 30.3 Å². The number of hydrogen-bond acceptors (Lipinski definition) is 3. The Bertz CT molecular complexity index is 694. The minimum absolute atomic E-state index is 0.0688. The summed E-state index contributed by atoms with van der Waals surface area (Å²) in [5.41, 5.74) is 0.806. The standard InChI is InChI=1S/C15H14FN3O2S/c1-10(11-5-3-2-4-6-11)17-15(22)18-13-8-7-12(16)9-14(13)19(20)21/h2-10H,1H3,(H2,17,18,22). The molecule has 0 amide bonds. The van der Waals surface area contributed by atoms with Crippen molar-refractivity contribution < 1.29 is 9.31 Å². The first-order valence-electron chi connectivity index (χ1n) is 6.54. The third-order valence-electron chi connectivity index (χ3n) is 3.05. The van der Waals surface area contributed by atoms with Gasteiger partial charge in [-0.05, 0) is 36.8 Å². The van der Waals surface area contributed by atoms with Crippen LogP contribution >= 0.6 is 12.2 Å². The van der Waals surface area contributed by atoms with Crippen LogP contribution in [0.15, 0.2) is 48.5 Å². The maximum absolute atomic E-state index is 13.1. The monoisotopic (exact) mass is 319 g/mol. The van der Waals surface area contributed by atoms with Gasteiger partial charge in [-0.3, -0.25) is 10.1 Å². The summed E-state index contributed by atoms with van der Waals surface area (Å²) < 4.78 is 13.1. The van der Waals surface area contributed by atoms with Crippen LogP contribution in [0, 0.1) is 15.9 Å². The van der Waals surface area contributed by atoms with Crippen LogP contribution in [-0.4, -0.2) is 10.0 Å². The lowest BCUT2D eigenvalue weighted by atomic mass is 10.1. The molecule has 0 bridgehead atoms. The lowest BCUT2D eigenvalue weighted by Gasteiger charge is -2.17. The average molecular weight is 319 g/mol. The van der Waals surface area contributed by atoms with E-state index in [1.54, 1.807) is 0 Å². The molecule has 0 aliphatic carbocycles. The zero-order valence-electron chi connectivity index (χ0n) is 11.7. The summed E-state index contributed by atoms with van der Waals surface area (Å²) in [4.78, 5) is 10.3. The van der Waals surface area contributed by atoms with Gasteiger partial charge in [0, 0.05) is 0 Å². The van der Waals surface area contributed by atoms with Gasteiger partial charge in [-0.25, -0.2) is 4.39 Å². The first kappa shape index (κ1) is 15.8. The fraction of sp³-hybridized carbons (Fsp3) is 0.133. The van der Waals surface area contributed by atoms with Crippen molar-refractivity contribution >= 4 is 28.7 Å². The Hall–Kier alpha value is -2.54. The predicted molar refractivity (Wildman–Crippen MR) is 87.3 cm³/mol. The highest BCUT2D eigenvalue weighted by Crippen LogP contribution is 2.25. The quantitative estimate of drug-likeness (QED) is 0.510. The Morgan fingerprint density at radius 3 is 2.59 bits per heavy atom. The van der Waals surface area contributed by atoms with Gasteiger partial charge in [0.05, 0.1) is 17.0 Å². The molecule has 2 N–H and O–H groups in total. The van der Waals surface area contributed by atoms with Crippen LogP contribution in [0.1, 0.15) is 18.5 Å². The molecule has 0 saturated heterocycles. The lowest BCUT2D eigenvalue weighted by molar-refractivity contribution is -0.384. The maximum Gasteiger partial charge on any atom is 0.295 e. The first-order valence-corrected chi connectivity index (χ1v) is 6.94. The van der Waals surface area contributed by atoms with E-state index in [0.29, 0.717) is 0 Å². The molecule has 0 saturated carbocycles. The largest absolute Gasteiger partial charge is 0.356 e. The topological polar surface area (TPSA) is 67.2 Å². The van der Waals surface area contributed by atoms with Gasteiger partial charge in [-0.15, -0.1) is 0 Å². The van der Waals surface area contributed by atoms with Crippen LogP contribution in [-0.2, 0) is 0 Å². The number of thiocarbonyl (C=S) groups is 1. The van der Waals surface area contributed by atoms with Crippen LogP contribution in [0.25, 0.3) is 0 Å². The SMILES string of the molecule is CC(NC(=S)Nc1ccc(F)cc1[N+](=O)[O-])c1ccccc1. The molecule has 0 spiro atoms. The van der Waals surface area contributed by atoms with Crippen molar-refractivity contribution in [2.24, 2.45) is 0 Å². The van der Waals surface area contributed by atoms with Gasteiger partial charge < -0.3 is 10.6 Å². The summed E-state index contributed by atoms with van der Waals surface area (Å²) in [7, 11) is 0. The average Bonchev–Trinajstić information content (AvgIpc) is 2.49. The summed E-state index contributed by atoms with van der Waals surface area (Å²) in [5.74, 6) is -0.672. The number of nitrogens with one attached hydrogen (secondary N) is 2. The van der Waals surface area contributed by atoms with Crippen LogP contribution in [0.2, 0.25) is 0 Å². The predicted octanol–water partition coefficient (Wildman–Crippen LogP) is 3.78. The molecule has 7 heteroatoms. The number of anilines is 1. The van der Waals surface area contributed by atoms with E-state index in [-0.39, 0.29) is 22.5 Å². The fourth-order valence-electron chi connectivity index (χ4n) is 1.94. The number of nitrogens with zero attached hydrogens (tertiary/aromatic N) is 1. The Balaban J connectivity index is 2.08. The third-order valence-corrected chi connectivity index (χ3v) is 3.27. The molecule has 0 heterocycles. The van der Waals surface area contributed by atoms with Crippen molar-refractivity contribution in [2.75, 3.05) is 5.32 Å². The summed E-state index contributed by atoms with van der Waals surface area (Å²) in [6.45, 7) is 1.92. The molecule has 2 rings (SSSR count). The summed E-state index contributed by atoms with van der Waals surface area (Å²) >= 11 is 5.15. The molecule has 0 fully saturated rings. The van der Waals surface area contributed by atoms with Crippen molar-refractivity contribution in [2.45, 2.75) is 13.0 Å². The van der Waals surface area contributed by atoms with Gasteiger partial charge in [0.2, 0.25) is 0 Å². The highest BCUT2D eigenvalue weighted by molar-refractivity contribution is 7.80. The minimum Gasteiger partial charge on any atom is -0.356 e. The summed E-state index contributed by atoms with van der Waals surface area (Å²) in [6, 6.07) is 12.8.